The van der Waals surface area contributed by atoms with E-state index in [1.807, 2.05) is 30.3 Å². The SMILES string of the molecule is Cc1cccc(Nc2ccccc2C(=O)Nc2ccc(C#N)cc2)c1C. The molecule has 4 nitrogen and oxygen atoms in total. The van der Waals surface area contributed by atoms with Crippen molar-refractivity contribution in [3.05, 3.63) is 89.0 Å². The number of carbonyl (C=O) groups excluding carboxylic acids is 1. The first-order valence-corrected chi connectivity index (χ1v) is 8.32. The first-order chi connectivity index (χ1) is 12.6. The molecular weight excluding hydrogens is 322 g/mol. The highest BCUT2D eigenvalue weighted by atomic mass is 16.1. The Kier molecular flexibility index (Phi) is 5.00. The highest BCUT2D eigenvalue weighted by molar-refractivity contribution is 6.08. The Morgan fingerprint density at radius 1 is 0.885 bits per heavy atom. The molecule has 2 N–H and O–H groups in total. The molecule has 0 bridgehead atoms. The number of carbonyl (C=O) groups is 1. The van der Waals surface area contributed by atoms with Crippen LogP contribution >= 0.6 is 0 Å². The third-order valence-electron chi connectivity index (χ3n) is 4.32. The van der Waals surface area contributed by atoms with Crippen LogP contribution in [0, 0.1) is 25.2 Å². The van der Waals surface area contributed by atoms with Gasteiger partial charge in [0.25, 0.3) is 5.91 Å². The van der Waals surface area contributed by atoms with Crippen molar-refractivity contribution in [2.24, 2.45) is 0 Å². The maximum atomic E-state index is 12.7. The Balaban J connectivity index is 1.85. The number of para-hydroxylation sites is 1. The van der Waals surface area contributed by atoms with Crippen molar-refractivity contribution in [3.8, 4) is 6.07 Å². The number of nitrogens with one attached hydrogen (secondary N) is 2. The fraction of sp³-hybridized carbons (Fsp3) is 0.0909. The lowest BCUT2D eigenvalue weighted by molar-refractivity contribution is 0.102. The molecule has 0 radical (unpaired) electrons. The van der Waals surface area contributed by atoms with E-state index in [-0.39, 0.29) is 5.91 Å². The number of rotatable bonds is 4. The van der Waals surface area contributed by atoms with Crippen LogP contribution in [-0.2, 0) is 0 Å². The molecular formula is C22H19N3O. The van der Waals surface area contributed by atoms with E-state index in [4.69, 9.17) is 5.26 Å². The van der Waals surface area contributed by atoms with Gasteiger partial charge in [-0.1, -0.05) is 24.3 Å². The van der Waals surface area contributed by atoms with Gasteiger partial charge in [-0.3, -0.25) is 4.79 Å². The van der Waals surface area contributed by atoms with E-state index in [9.17, 15) is 4.79 Å². The maximum absolute atomic E-state index is 12.7. The molecule has 0 aliphatic heterocycles. The Bertz CT molecular complexity index is 985. The molecule has 0 aliphatic rings. The van der Waals surface area contributed by atoms with Gasteiger partial charge in [-0.15, -0.1) is 0 Å². The number of nitrogens with zero attached hydrogens (tertiary/aromatic N) is 1. The summed E-state index contributed by atoms with van der Waals surface area (Å²) < 4.78 is 0. The number of anilines is 3. The summed E-state index contributed by atoms with van der Waals surface area (Å²) in [6.07, 6.45) is 0. The topological polar surface area (TPSA) is 64.9 Å². The Labute approximate surface area is 153 Å². The maximum Gasteiger partial charge on any atom is 0.257 e. The molecule has 1 amide bonds. The average Bonchev–Trinajstić information content (AvgIpc) is 2.66. The fourth-order valence-corrected chi connectivity index (χ4v) is 2.65. The quantitative estimate of drug-likeness (QED) is 0.688. The van der Waals surface area contributed by atoms with Crippen molar-refractivity contribution in [2.75, 3.05) is 10.6 Å². The third-order valence-corrected chi connectivity index (χ3v) is 4.32. The monoisotopic (exact) mass is 341 g/mol. The van der Waals surface area contributed by atoms with Crippen LogP contribution < -0.4 is 10.6 Å². The molecule has 0 heterocycles. The highest BCUT2D eigenvalue weighted by Crippen LogP contribution is 2.26. The molecule has 128 valence electrons. The van der Waals surface area contributed by atoms with E-state index in [1.165, 1.54) is 5.56 Å². The number of aryl methyl sites for hydroxylation is 1. The lowest BCUT2D eigenvalue weighted by Crippen LogP contribution is -2.14. The third kappa shape index (κ3) is 3.73. The van der Waals surface area contributed by atoms with Crippen LogP contribution in [0.2, 0.25) is 0 Å². The minimum absolute atomic E-state index is 0.205. The summed E-state index contributed by atoms with van der Waals surface area (Å²) >= 11 is 0. The minimum atomic E-state index is -0.205. The van der Waals surface area contributed by atoms with Gasteiger partial charge in [-0.25, -0.2) is 0 Å². The summed E-state index contributed by atoms with van der Waals surface area (Å²) in [6, 6.07) is 22.3. The number of benzene rings is 3. The summed E-state index contributed by atoms with van der Waals surface area (Å²) in [7, 11) is 0. The second kappa shape index (κ2) is 7.54. The molecule has 4 heteroatoms. The lowest BCUT2D eigenvalue weighted by Gasteiger charge is -2.15. The van der Waals surface area contributed by atoms with E-state index >= 15 is 0 Å². The second-order valence-electron chi connectivity index (χ2n) is 6.06. The van der Waals surface area contributed by atoms with Gasteiger partial charge in [-0.2, -0.15) is 5.26 Å². The van der Waals surface area contributed by atoms with Crippen LogP contribution in [0.25, 0.3) is 0 Å². The first kappa shape index (κ1) is 17.2. The Morgan fingerprint density at radius 2 is 1.58 bits per heavy atom. The first-order valence-electron chi connectivity index (χ1n) is 8.32. The molecule has 0 aliphatic carbocycles. The Hall–Kier alpha value is -3.58. The normalized spacial score (nSPS) is 10.0. The van der Waals surface area contributed by atoms with Gasteiger partial charge in [0.15, 0.2) is 0 Å². The Morgan fingerprint density at radius 3 is 2.31 bits per heavy atom. The molecule has 0 fully saturated rings. The van der Waals surface area contributed by atoms with Gasteiger partial charge in [0.05, 0.1) is 22.9 Å². The molecule has 0 aromatic heterocycles. The highest BCUT2D eigenvalue weighted by Gasteiger charge is 2.12. The van der Waals surface area contributed by atoms with Gasteiger partial charge in [0.2, 0.25) is 0 Å². The fourth-order valence-electron chi connectivity index (χ4n) is 2.65. The van der Waals surface area contributed by atoms with Gasteiger partial charge >= 0.3 is 0 Å². The second-order valence-corrected chi connectivity index (χ2v) is 6.06. The standard InChI is InChI=1S/C22H19N3O/c1-15-6-5-9-20(16(15)2)25-21-8-4-3-7-19(21)22(26)24-18-12-10-17(14-23)11-13-18/h3-13,25H,1-2H3,(H,24,26). The van der Waals surface area contributed by atoms with Gasteiger partial charge in [0, 0.05) is 11.4 Å². The lowest BCUT2D eigenvalue weighted by atomic mass is 10.1. The van der Waals surface area contributed by atoms with Crippen LogP contribution in [0.4, 0.5) is 17.1 Å². The van der Waals surface area contributed by atoms with Crippen LogP contribution in [0.3, 0.4) is 0 Å². The number of amides is 1. The van der Waals surface area contributed by atoms with Crippen molar-refractivity contribution in [3.63, 3.8) is 0 Å². The van der Waals surface area contributed by atoms with Crippen LogP contribution in [0.15, 0.2) is 66.7 Å². The van der Waals surface area contributed by atoms with Crippen molar-refractivity contribution in [1.82, 2.24) is 0 Å². The summed E-state index contributed by atoms with van der Waals surface area (Å²) in [5, 5.41) is 15.1. The molecule has 0 saturated carbocycles. The average molecular weight is 341 g/mol. The van der Waals surface area contributed by atoms with Crippen molar-refractivity contribution >= 4 is 23.0 Å². The smallest absolute Gasteiger partial charge is 0.257 e. The van der Waals surface area contributed by atoms with Crippen molar-refractivity contribution in [2.45, 2.75) is 13.8 Å². The molecule has 0 spiro atoms. The molecule has 3 rings (SSSR count). The number of hydrogen-bond acceptors (Lipinski definition) is 3. The van der Waals surface area contributed by atoms with Crippen molar-refractivity contribution in [1.29, 1.82) is 5.26 Å². The molecule has 0 unspecified atom stereocenters. The summed E-state index contributed by atoms with van der Waals surface area (Å²) in [5.74, 6) is -0.205. The summed E-state index contributed by atoms with van der Waals surface area (Å²) in [4.78, 5) is 12.7. The van der Waals surface area contributed by atoms with E-state index in [2.05, 4.69) is 36.6 Å². The van der Waals surface area contributed by atoms with E-state index < -0.39 is 0 Å². The number of hydrogen-bond donors (Lipinski definition) is 2. The molecule has 0 saturated heterocycles. The van der Waals surface area contributed by atoms with Crippen LogP contribution in [0.5, 0.6) is 0 Å². The molecule has 3 aromatic rings. The van der Waals surface area contributed by atoms with Gasteiger partial charge in [0.1, 0.15) is 0 Å². The zero-order valence-corrected chi connectivity index (χ0v) is 14.7. The van der Waals surface area contributed by atoms with E-state index in [1.54, 1.807) is 30.3 Å². The largest absolute Gasteiger partial charge is 0.355 e. The summed E-state index contributed by atoms with van der Waals surface area (Å²) in [5.41, 5.74) is 5.81. The zero-order chi connectivity index (χ0) is 18.5. The zero-order valence-electron chi connectivity index (χ0n) is 14.7. The predicted octanol–water partition coefficient (Wildman–Crippen LogP) is 5.17. The molecule has 26 heavy (non-hydrogen) atoms. The predicted molar refractivity (Wildman–Crippen MR) is 105 cm³/mol. The minimum Gasteiger partial charge on any atom is -0.355 e. The van der Waals surface area contributed by atoms with Crippen LogP contribution in [-0.4, -0.2) is 5.91 Å². The van der Waals surface area contributed by atoms with E-state index in [0.717, 1.165) is 16.9 Å². The number of nitriles is 1. The molecule has 3 aromatic carbocycles. The van der Waals surface area contributed by atoms with E-state index in [0.29, 0.717) is 16.8 Å². The van der Waals surface area contributed by atoms with Crippen molar-refractivity contribution < 1.29 is 4.79 Å². The van der Waals surface area contributed by atoms with Gasteiger partial charge in [-0.05, 0) is 67.4 Å². The van der Waals surface area contributed by atoms with Crippen LogP contribution in [0.1, 0.15) is 27.0 Å². The summed E-state index contributed by atoms with van der Waals surface area (Å²) in [6.45, 7) is 4.11. The van der Waals surface area contributed by atoms with Gasteiger partial charge < -0.3 is 10.6 Å². The molecule has 0 atom stereocenters.